The lowest BCUT2D eigenvalue weighted by molar-refractivity contribution is 0.0635. The molecule has 1 rings (SSSR count). The summed E-state index contributed by atoms with van der Waals surface area (Å²) in [5.41, 5.74) is -0.865. The minimum atomic E-state index is -2.61. The first-order chi connectivity index (χ1) is 8.19. The first-order valence-corrected chi connectivity index (χ1v) is 5.92. The van der Waals surface area contributed by atoms with Crippen LogP contribution in [0, 0.1) is 0 Å². The topological polar surface area (TPSA) is 51.2 Å². The molecule has 0 spiro atoms. The molecule has 7 heteroatoms. The van der Waals surface area contributed by atoms with Crippen LogP contribution in [0.4, 0.5) is 19.4 Å². The molecule has 1 aromatic rings. The van der Waals surface area contributed by atoms with E-state index in [4.69, 9.17) is 4.74 Å². The van der Waals surface area contributed by atoms with Gasteiger partial charge in [0.05, 0.1) is 4.47 Å². The normalized spacial score (nSPS) is 11.5. The van der Waals surface area contributed by atoms with Crippen molar-refractivity contribution in [1.29, 1.82) is 0 Å². The van der Waals surface area contributed by atoms with Gasteiger partial charge >= 0.3 is 6.09 Å². The third-order valence-electron chi connectivity index (χ3n) is 1.73. The molecule has 1 heterocycles. The molecule has 0 unspecified atom stereocenters. The smallest absolute Gasteiger partial charge is 0.413 e. The second-order valence-electron chi connectivity index (χ2n) is 4.53. The van der Waals surface area contributed by atoms with Gasteiger partial charge in [0.1, 0.15) is 11.4 Å². The van der Waals surface area contributed by atoms with Crippen LogP contribution in [0.5, 0.6) is 0 Å². The summed E-state index contributed by atoms with van der Waals surface area (Å²) in [6, 6.07) is 1.20. The Hall–Kier alpha value is -1.24. The van der Waals surface area contributed by atoms with Crippen LogP contribution in [0.1, 0.15) is 32.8 Å². The summed E-state index contributed by atoms with van der Waals surface area (Å²) in [6.07, 6.45) is -2.30. The van der Waals surface area contributed by atoms with Gasteiger partial charge in [-0.15, -0.1) is 0 Å². The Labute approximate surface area is 112 Å². The van der Waals surface area contributed by atoms with E-state index in [-0.39, 0.29) is 15.9 Å². The van der Waals surface area contributed by atoms with Gasteiger partial charge in [-0.05, 0) is 42.8 Å². The van der Waals surface area contributed by atoms with Crippen LogP contribution in [0.3, 0.4) is 0 Å². The molecule has 0 fully saturated rings. The summed E-state index contributed by atoms with van der Waals surface area (Å²) in [5, 5.41) is 2.37. The number of carbonyl (C=O) groups excluding carboxylic acids is 1. The van der Waals surface area contributed by atoms with Crippen LogP contribution in [0.15, 0.2) is 16.7 Å². The molecule has 0 radical (unpaired) electrons. The van der Waals surface area contributed by atoms with E-state index in [1.54, 1.807) is 20.8 Å². The third kappa shape index (κ3) is 4.56. The summed E-state index contributed by atoms with van der Waals surface area (Å²) in [5.74, 6) is 0.133. The molecule has 0 aliphatic heterocycles. The summed E-state index contributed by atoms with van der Waals surface area (Å²) in [4.78, 5) is 15.2. The number of nitrogens with zero attached hydrogens (tertiary/aromatic N) is 1. The fourth-order valence-corrected chi connectivity index (χ4v) is 1.53. The molecule has 1 N–H and O–H groups in total. The summed E-state index contributed by atoms with van der Waals surface area (Å²) < 4.78 is 30.1. The third-order valence-corrected chi connectivity index (χ3v) is 2.34. The quantitative estimate of drug-likeness (QED) is 0.890. The van der Waals surface area contributed by atoms with Crippen LogP contribution >= 0.6 is 15.9 Å². The molecular weight excluding hydrogens is 310 g/mol. The van der Waals surface area contributed by atoms with Crippen molar-refractivity contribution in [2.45, 2.75) is 32.8 Å². The number of rotatable bonds is 2. The van der Waals surface area contributed by atoms with Crippen LogP contribution in [0.25, 0.3) is 0 Å². The molecule has 0 bridgehead atoms. The Balaban J connectivity index is 2.77. The van der Waals surface area contributed by atoms with Crippen molar-refractivity contribution in [3.63, 3.8) is 0 Å². The fraction of sp³-hybridized carbons (Fsp3) is 0.455. The predicted molar refractivity (Wildman–Crippen MR) is 66.8 cm³/mol. The second kappa shape index (κ2) is 5.60. The largest absolute Gasteiger partial charge is 0.444 e. The zero-order chi connectivity index (χ0) is 13.9. The molecule has 100 valence electrons. The van der Waals surface area contributed by atoms with E-state index in [2.05, 4.69) is 26.2 Å². The lowest BCUT2D eigenvalue weighted by Crippen LogP contribution is -2.27. The van der Waals surface area contributed by atoms with Gasteiger partial charge in [0.25, 0.3) is 6.43 Å². The van der Waals surface area contributed by atoms with E-state index in [0.29, 0.717) is 0 Å². The van der Waals surface area contributed by atoms with Gasteiger partial charge in [-0.3, -0.25) is 5.32 Å². The minimum Gasteiger partial charge on any atom is -0.444 e. The van der Waals surface area contributed by atoms with Gasteiger partial charge in [-0.2, -0.15) is 0 Å². The Bertz CT molecular complexity index is 447. The Morgan fingerprint density at radius 2 is 2.11 bits per heavy atom. The van der Waals surface area contributed by atoms with Gasteiger partial charge in [0, 0.05) is 11.8 Å². The molecule has 1 amide bonds. The summed E-state index contributed by atoms with van der Waals surface area (Å²) in [6.45, 7) is 5.15. The van der Waals surface area contributed by atoms with E-state index in [1.807, 2.05) is 0 Å². The number of hydrogen-bond acceptors (Lipinski definition) is 3. The summed E-state index contributed by atoms with van der Waals surface area (Å²) in [7, 11) is 0. The molecule has 0 atom stereocenters. The molecule has 0 saturated carbocycles. The van der Waals surface area contributed by atoms with Crippen molar-refractivity contribution in [1.82, 2.24) is 4.98 Å². The highest BCUT2D eigenvalue weighted by Gasteiger charge is 2.18. The monoisotopic (exact) mass is 322 g/mol. The summed E-state index contributed by atoms with van der Waals surface area (Å²) >= 11 is 3.06. The van der Waals surface area contributed by atoms with Crippen molar-refractivity contribution < 1.29 is 18.3 Å². The maximum absolute atomic E-state index is 12.4. The van der Waals surface area contributed by atoms with E-state index >= 15 is 0 Å². The maximum Gasteiger partial charge on any atom is 0.413 e. The molecule has 18 heavy (non-hydrogen) atoms. The fourth-order valence-electron chi connectivity index (χ4n) is 1.06. The SMILES string of the molecule is CC(C)(C)OC(=O)Nc1ncc(C(F)F)cc1Br. The van der Waals surface area contributed by atoms with E-state index in [9.17, 15) is 13.6 Å². The minimum absolute atomic E-state index is 0.133. The van der Waals surface area contributed by atoms with E-state index < -0.39 is 18.1 Å². The average molecular weight is 323 g/mol. The van der Waals surface area contributed by atoms with Crippen LogP contribution in [-0.2, 0) is 4.74 Å². The molecule has 1 aromatic heterocycles. The Morgan fingerprint density at radius 3 is 2.56 bits per heavy atom. The molecule has 0 aliphatic carbocycles. The number of pyridine rings is 1. The van der Waals surface area contributed by atoms with Crippen molar-refractivity contribution in [2.75, 3.05) is 5.32 Å². The van der Waals surface area contributed by atoms with E-state index in [0.717, 1.165) is 6.20 Å². The highest BCUT2D eigenvalue weighted by molar-refractivity contribution is 9.10. The number of anilines is 1. The zero-order valence-corrected chi connectivity index (χ0v) is 11.7. The molecular formula is C11H13BrF2N2O2. The van der Waals surface area contributed by atoms with Crippen LogP contribution < -0.4 is 5.32 Å². The van der Waals surface area contributed by atoms with Gasteiger partial charge < -0.3 is 4.74 Å². The standard InChI is InChI=1S/C11H13BrF2N2O2/c1-11(2,3)18-10(17)16-9-7(12)4-6(5-15-9)8(13)14/h4-5,8H,1-3H3,(H,15,16,17). The number of amides is 1. The molecule has 0 aliphatic rings. The first kappa shape index (κ1) is 14.8. The number of hydrogen-bond donors (Lipinski definition) is 1. The number of ether oxygens (including phenoxy) is 1. The van der Waals surface area contributed by atoms with Crippen molar-refractivity contribution >= 4 is 27.8 Å². The van der Waals surface area contributed by atoms with Gasteiger partial charge in [0.15, 0.2) is 0 Å². The van der Waals surface area contributed by atoms with E-state index in [1.165, 1.54) is 6.07 Å². The number of aromatic nitrogens is 1. The predicted octanol–water partition coefficient (Wildman–Crippen LogP) is 4.13. The molecule has 0 saturated heterocycles. The van der Waals surface area contributed by atoms with Crippen LogP contribution in [-0.4, -0.2) is 16.7 Å². The first-order valence-electron chi connectivity index (χ1n) is 5.12. The number of carbonyl (C=O) groups is 1. The highest BCUT2D eigenvalue weighted by Crippen LogP contribution is 2.26. The zero-order valence-electron chi connectivity index (χ0n) is 10.1. The number of nitrogens with one attached hydrogen (secondary N) is 1. The molecule has 0 aromatic carbocycles. The second-order valence-corrected chi connectivity index (χ2v) is 5.38. The maximum atomic E-state index is 12.4. The Morgan fingerprint density at radius 1 is 1.50 bits per heavy atom. The lowest BCUT2D eigenvalue weighted by atomic mass is 10.2. The van der Waals surface area contributed by atoms with Crippen molar-refractivity contribution in [2.24, 2.45) is 0 Å². The number of alkyl halides is 2. The Kier molecular flexibility index (Phi) is 4.61. The number of halogens is 3. The van der Waals surface area contributed by atoms with Gasteiger partial charge in [0.2, 0.25) is 0 Å². The van der Waals surface area contributed by atoms with Gasteiger partial charge in [-0.1, -0.05) is 0 Å². The lowest BCUT2D eigenvalue weighted by Gasteiger charge is -2.19. The van der Waals surface area contributed by atoms with Gasteiger partial charge in [-0.25, -0.2) is 18.6 Å². The van der Waals surface area contributed by atoms with Crippen molar-refractivity contribution in [3.8, 4) is 0 Å². The highest BCUT2D eigenvalue weighted by atomic mass is 79.9. The van der Waals surface area contributed by atoms with Crippen LogP contribution in [0.2, 0.25) is 0 Å². The molecule has 4 nitrogen and oxygen atoms in total. The average Bonchev–Trinajstić information content (AvgIpc) is 2.17. The van der Waals surface area contributed by atoms with Crippen molar-refractivity contribution in [3.05, 3.63) is 22.3 Å².